The van der Waals surface area contributed by atoms with Gasteiger partial charge in [0.2, 0.25) is 5.78 Å². The number of benzene rings is 1. The predicted molar refractivity (Wildman–Crippen MR) is 130 cm³/mol. The number of imidazole rings is 1. The second-order valence-corrected chi connectivity index (χ2v) is 8.89. The van der Waals surface area contributed by atoms with Gasteiger partial charge in [-0.3, -0.25) is 9.36 Å². The highest BCUT2D eigenvalue weighted by Gasteiger charge is 2.21. The Balaban J connectivity index is 1.36. The molecule has 1 aliphatic heterocycles. The van der Waals surface area contributed by atoms with Gasteiger partial charge >= 0.3 is 0 Å². The standard InChI is InChI=1S/C22H25BrN8O3/c1-2-3-6-12-29-19-18(24-21(23)25-19)20(33)31-17(26-27-22(29)31)11-7-8-14-13-30(28-34-14)15-9-4-5-10-16(15)32/h4-5,9-10,13,28,32H,2-3,6-8,11-12H2,1H3,(H,24,25). The molecule has 0 unspecified atom stereocenters. The highest BCUT2D eigenvalue weighted by atomic mass is 79.9. The molecule has 3 N–H and O–H groups in total. The molecule has 0 bridgehead atoms. The number of phenolic OH excluding ortho intramolecular Hbond substituents is 1. The van der Waals surface area contributed by atoms with Crippen LogP contribution in [0.1, 0.15) is 44.9 Å². The van der Waals surface area contributed by atoms with Gasteiger partial charge in [0.15, 0.2) is 15.9 Å². The summed E-state index contributed by atoms with van der Waals surface area (Å²) in [5.41, 5.74) is 4.18. The number of unbranched alkanes of at least 4 members (excludes halogenated alkanes) is 2. The first-order chi connectivity index (χ1) is 16.6. The molecule has 11 nitrogen and oxygen atoms in total. The van der Waals surface area contributed by atoms with E-state index in [1.54, 1.807) is 33.8 Å². The molecule has 0 fully saturated rings. The lowest BCUT2D eigenvalue weighted by Gasteiger charge is -2.14. The quantitative estimate of drug-likeness (QED) is 0.222. The number of fused-ring (bicyclic) bond motifs is 2. The molecule has 4 aromatic rings. The van der Waals surface area contributed by atoms with Crippen molar-refractivity contribution < 1.29 is 9.94 Å². The maximum Gasteiger partial charge on any atom is 0.286 e. The molecule has 178 valence electrons. The zero-order valence-electron chi connectivity index (χ0n) is 18.7. The molecule has 0 amide bonds. The second kappa shape index (κ2) is 9.47. The van der Waals surface area contributed by atoms with E-state index in [1.807, 2.05) is 10.6 Å². The third kappa shape index (κ3) is 4.14. The van der Waals surface area contributed by atoms with Crippen LogP contribution >= 0.6 is 15.9 Å². The van der Waals surface area contributed by atoms with Gasteiger partial charge in [-0.1, -0.05) is 37.5 Å². The summed E-state index contributed by atoms with van der Waals surface area (Å²) in [6.45, 7) is 2.86. The fraction of sp³-hybridized carbons (Fsp3) is 0.364. The van der Waals surface area contributed by atoms with E-state index in [-0.39, 0.29) is 11.3 Å². The number of aryl methyl sites for hydroxylation is 2. The van der Waals surface area contributed by atoms with Crippen molar-refractivity contribution in [2.24, 2.45) is 0 Å². The lowest BCUT2D eigenvalue weighted by atomic mass is 10.2. The molecule has 0 aliphatic carbocycles. The number of para-hydroxylation sites is 2. The smallest absolute Gasteiger partial charge is 0.286 e. The third-order valence-corrected chi connectivity index (χ3v) is 6.16. The Bertz CT molecular complexity index is 1420. The fourth-order valence-electron chi connectivity index (χ4n) is 4.09. The maximum atomic E-state index is 13.2. The Morgan fingerprint density at radius 3 is 2.82 bits per heavy atom. The van der Waals surface area contributed by atoms with E-state index in [4.69, 9.17) is 4.84 Å². The average molecular weight is 529 g/mol. The van der Waals surface area contributed by atoms with Crippen LogP contribution in [-0.4, -0.2) is 34.2 Å². The Morgan fingerprint density at radius 1 is 1.15 bits per heavy atom. The number of hydrogen-bond acceptors (Lipinski definition) is 8. The van der Waals surface area contributed by atoms with Crippen LogP contribution in [0.3, 0.4) is 0 Å². The van der Waals surface area contributed by atoms with Crippen LogP contribution in [0.25, 0.3) is 16.9 Å². The van der Waals surface area contributed by atoms with Crippen molar-refractivity contribution in [1.82, 2.24) is 34.7 Å². The molecule has 34 heavy (non-hydrogen) atoms. The zero-order valence-corrected chi connectivity index (χ0v) is 20.2. The van der Waals surface area contributed by atoms with Gasteiger partial charge in [-0.25, -0.2) is 14.4 Å². The Kier molecular flexibility index (Phi) is 6.24. The summed E-state index contributed by atoms with van der Waals surface area (Å²) < 4.78 is 4.05. The minimum absolute atomic E-state index is 0.151. The van der Waals surface area contributed by atoms with Crippen molar-refractivity contribution in [1.29, 1.82) is 0 Å². The lowest BCUT2D eigenvalue weighted by Crippen LogP contribution is -2.26. The number of aromatic amines is 1. The van der Waals surface area contributed by atoms with Gasteiger partial charge in [-0.2, -0.15) is 0 Å². The third-order valence-electron chi connectivity index (χ3n) is 5.78. The van der Waals surface area contributed by atoms with Crippen molar-refractivity contribution in [2.75, 3.05) is 5.01 Å². The van der Waals surface area contributed by atoms with Crippen molar-refractivity contribution >= 4 is 38.6 Å². The van der Waals surface area contributed by atoms with Crippen LogP contribution in [0.4, 0.5) is 5.69 Å². The van der Waals surface area contributed by atoms with E-state index in [2.05, 4.69) is 48.6 Å². The molecule has 3 aromatic heterocycles. The second-order valence-electron chi connectivity index (χ2n) is 8.14. The summed E-state index contributed by atoms with van der Waals surface area (Å²) >= 11 is 3.35. The first-order valence-corrected chi connectivity index (χ1v) is 12.1. The molecule has 1 aromatic carbocycles. The summed E-state index contributed by atoms with van der Waals surface area (Å²) in [7, 11) is 0. The maximum absolute atomic E-state index is 13.2. The number of phenols is 1. The molecule has 0 atom stereocenters. The number of rotatable bonds is 9. The summed E-state index contributed by atoms with van der Waals surface area (Å²) in [6.07, 6.45) is 6.79. The van der Waals surface area contributed by atoms with Gasteiger partial charge in [0.05, 0.1) is 6.20 Å². The minimum Gasteiger partial charge on any atom is -0.506 e. The molecule has 4 heterocycles. The fourth-order valence-corrected chi connectivity index (χ4v) is 4.46. The van der Waals surface area contributed by atoms with E-state index in [9.17, 15) is 9.90 Å². The Labute approximate surface area is 203 Å². The van der Waals surface area contributed by atoms with E-state index >= 15 is 0 Å². The number of H-pyrrole nitrogens is 1. The highest BCUT2D eigenvalue weighted by molar-refractivity contribution is 9.10. The van der Waals surface area contributed by atoms with Gasteiger partial charge in [0.1, 0.15) is 23.0 Å². The van der Waals surface area contributed by atoms with Crippen LogP contribution in [0.2, 0.25) is 0 Å². The number of hydrazine groups is 1. The van der Waals surface area contributed by atoms with E-state index in [1.165, 1.54) is 0 Å². The molecule has 0 radical (unpaired) electrons. The highest BCUT2D eigenvalue weighted by Crippen LogP contribution is 2.28. The summed E-state index contributed by atoms with van der Waals surface area (Å²) in [6, 6.07) is 7.00. The number of anilines is 1. The molecule has 12 heteroatoms. The van der Waals surface area contributed by atoms with Crippen LogP contribution in [0.15, 0.2) is 45.8 Å². The van der Waals surface area contributed by atoms with Crippen LogP contribution in [-0.2, 0) is 17.8 Å². The largest absolute Gasteiger partial charge is 0.506 e. The van der Waals surface area contributed by atoms with E-state index in [0.717, 1.165) is 19.3 Å². The Hall–Kier alpha value is -3.38. The molecular formula is C22H25BrN8O3. The van der Waals surface area contributed by atoms with Crippen molar-refractivity contribution in [3.63, 3.8) is 0 Å². The van der Waals surface area contributed by atoms with Gasteiger partial charge in [0, 0.05) is 19.4 Å². The molecule has 0 saturated heterocycles. The number of allylic oxidation sites excluding steroid dienone is 1. The number of halogens is 1. The van der Waals surface area contributed by atoms with Crippen LogP contribution in [0.5, 0.6) is 5.75 Å². The summed E-state index contributed by atoms with van der Waals surface area (Å²) in [5.74, 6) is 1.97. The number of hydrogen-bond donors (Lipinski definition) is 3. The lowest BCUT2D eigenvalue weighted by molar-refractivity contribution is 0.123. The minimum atomic E-state index is -0.210. The average Bonchev–Trinajstić information content (AvgIpc) is 3.55. The Morgan fingerprint density at radius 2 is 2.00 bits per heavy atom. The number of nitrogens with one attached hydrogen (secondary N) is 2. The molecule has 1 aliphatic rings. The van der Waals surface area contributed by atoms with Crippen molar-refractivity contribution in [2.45, 2.75) is 52.0 Å². The number of aromatic nitrogens is 6. The molecule has 5 rings (SSSR count). The van der Waals surface area contributed by atoms with Crippen LogP contribution < -0.4 is 16.2 Å². The van der Waals surface area contributed by atoms with E-state index < -0.39 is 0 Å². The monoisotopic (exact) mass is 528 g/mol. The van der Waals surface area contributed by atoms with Gasteiger partial charge in [-0.15, -0.1) is 10.2 Å². The summed E-state index contributed by atoms with van der Waals surface area (Å²) in [4.78, 5) is 26.2. The van der Waals surface area contributed by atoms with Crippen molar-refractivity contribution in [3.05, 3.63) is 57.1 Å². The molecule has 0 spiro atoms. The van der Waals surface area contributed by atoms with Gasteiger partial charge < -0.3 is 14.9 Å². The SMILES string of the molecule is CCCCCn1c2nc(Br)[nH]c2c(=O)n2c(CCCC3=CN(c4ccccc4O)NO3)nnc12. The van der Waals surface area contributed by atoms with Crippen molar-refractivity contribution in [3.8, 4) is 5.75 Å². The topological polar surface area (TPSA) is 126 Å². The van der Waals surface area contributed by atoms with Gasteiger partial charge in [-0.05, 0) is 40.9 Å². The molecule has 0 saturated carbocycles. The van der Waals surface area contributed by atoms with Crippen LogP contribution in [0, 0.1) is 0 Å². The predicted octanol–water partition coefficient (Wildman–Crippen LogP) is 3.55. The summed E-state index contributed by atoms with van der Waals surface area (Å²) in [5, 5.41) is 20.3. The first-order valence-electron chi connectivity index (χ1n) is 11.3. The van der Waals surface area contributed by atoms with Gasteiger partial charge in [0.25, 0.3) is 5.56 Å². The zero-order chi connectivity index (χ0) is 23.7. The number of nitrogens with zero attached hydrogens (tertiary/aromatic N) is 6. The first kappa shape index (κ1) is 22.4. The number of aromatic hydroxyl groups is 1. The normalized spacial score (nSPS) is 13.7. The molecular weight excluding hydrogens is 504 g/mol. The van der Waals surface area contributed by atoms with E-state index in [0.29, 0.717) is 64.8 Å².